The molecule has 1 unspecified atom stereocenters. The Kier molecular flexibility index (Phi) is 3.43. The first-order valence-electron chi connectivity index (χ1n) is 8.57. The number of nitrogens with zero attached hydrogens (tertiary/aromatic N) is 3. The predicted molar refractivity (Wildman–Crippen MR) is 102 cm³/mol. The number of aromatic nitrogens is 2. The summed E-state index contributed by atoms with van der Waals surface area (Å²) in [6.45, 7) is 2.75. The molecule has 26 heavy (non-hydrogen) atoms. The van der Waals surface area contributed by atoms with Gasteiger partial charge in [-0.15, -0.1) is 0 Å². The van der Waals surface area contributed by atoms with Crippen LogP contribution in [0.15, 0.2) is 57.7 Å². The molecule has 0 radical (unpaired) electrons. The smallest absolute Gasteiger partial charge is 0.274 e. The molecule has 1 aliphatic heterocycles. The zero-order valence-corrected chi connectivity index (χ0v) is 15.7. The summed E-state index contributed by atoms with van der Waals surface area (Å²) in [7, 11) is 0. The van der Waals surface area contributed by atoms with Gasteiger partial charge in [-0.05, 0) is 70.7 Å². The number of benzene rings is 1. The van der Waals surface area contributed by atoms with Crippen LogP contribution in [0.25, 0.3) is 16.5 Å². The summed E-state index contributed by atoms with van der Waals surface area (Å²) in [5, 5.41) is 5.61. The normalized spacial score (nSPS) is 17.0. The SMILES string of the molecule is CC1c2ccc3occc3c2CCN1C(=O)c1cc2ccc(Br)cn2n1. The van der Waals surface area contributed by atoms with E-state index in [2.05, 4.69) is 34.0 Å². The minimum absolute atomic E-state index is 0.00194. The first kappa shape index (κ1) is 15.6. The van der Waals surface area contributed by atoms with Crippen LogP contribution < -0.4 is 0 Å². The topological polar surface area (TPSA) is 50.8 Å². The summed E-state index contributed by atoms with van der Waals surface area (Å²) in [4.78, 5) is 15.0. The highest BCUT2D eigenvalue weighted by atomic mass is 79.9. The van der Waals surface area contributed by atoms with Gasteiger partial charge < -0.3 is 9.32 Å². The highest BCUT2D eigenvalue weighted by Gasteiger charge is 2.30. The first-order valence-corrected chi connectivity index (χ1v) is 9.36. The van der Waals surface area contributed by atoms with Gasteiger partial charge in [0.05, 0.1) is 17.8 Å². The van der Waals surface area contributed by atoms with Crippen molar-refractivity contribution in [3.8, 4) is 0 Å². The summed E-state index contributed by atoms with van der Waals surface area (Å²) in [6, 6.07) is 11.8. The molecule has 130 valence electrons. The molecule has 4 aromatic rings. The van der Waals surface area contributed by atoms with Gasteiger partial charge in [0.1, 0.15) is 5.58 Å². The van der Waals surface area contributed by atoms with Crippen LogP contribution in [0, 0.1) is 0 Å². The van der Waals surface area contributed by atoms with Crippen LogP contribution in [-0.2, 0) is 6.42 Å². The summed E-state index contributed by atoms with van der Waals surface area (Å²) in [6.07, 6.45) is 4.40. The van der Waals surface area contributed by atoms with E-state index >= 15 is 0 Å². The largest absolute Gasteiger partial charge is 0.464 e. The molecule has 1 atom stereocenters. The molecule has 0 aliphatic carbocycles. The maximum absolute atomic E-state index is 13.1. The van der Waals surface area contributed by atoms with Gasteiger partial charge in [0.15, 0.2) is 5.69 Å². The van der Waals surface area contributed by atoms with E-state index in [1.54, 1.807) is 10.8 Å². The molecule has 0 saturated heterocycles. The maximum Gasteiger partial charge on any atom is 0.274 e. The molecule has 0 saturated carbocycles. The molecule has 1 aromatic carbocycles. The second-order valence-electron chi connectivity index (χ2n) is 6.64. The molecule has 5 rings (SSSR count). The van der Waals surface area contributed by atoms with Crippen molar-refractivity contribution in [2.24, 2.45) is 0 Å². The van der Waals surface area contributed by atoms with E-state index in [4.69, 9.17) is 4.42 Å². The highest BCUT2D eigenvalue weighted by Crippen LogP contribution is 2.35. The van der Waals surface area contributed by atoms with Gasteiger partial charge in [0.25, 0.3) is 5.91 Å². The molecule has 6 heteroatoms. The van der Waals surface area contributed by atoms with Crippen LogP contribution in [0.1, 0.15) is 34.6 Å². The number of rotatable bonds is 1. The lowest BCUT2D eigenvalue weighted by atomic mass is 9.91. The van der Waals surface area contributed by atoms with E-state index in [0.717, 1.165) is 27.4 Å². The molecular formula is C20H16BrN3O2. The minimum atomic E-state index is -0.0322. The Morgan fingerprint density at radius 3 is 3.04 bits per heavy atom. The molecule has 5 nitrogen and oxygen atoms in total. The fraction of sp³-hybridized carbons (Fsp3) is 0.200. The second-order valence-corrected chi connectivity index (χ2v) is 7.55. The van der Waals surface area contributed by atoms with Crippen molar-refractivity contribution >= 4 is 38.3 Å². The quantitative estimate of drug-likeness (QED) is 0.461. The third-order valence-corrected chi connectivity index (χ3v) is 5.68. The molecule has 1 amide bonds. The van der Waals surface area contributed by atoms with Crippen molar-refractivity contribution in [2.45, 2.75) is 19.4 Å². The van der Waals surface area contributed by atoms with Gasteiger partial charge in [-0.25, -0.2) is 4.52 Å². The van der Waals surface area contributed by atoms with E-state index < -0.39 is 0 Å². The minimum Gasteiger partial charge on any atom is -0.464 e. The number of carbonyl (C=O) groups excluding carboxylic acids is 1. The average molecular weight is 410 g/mol. The third kappa shape index (κ3) is 2.29. The molecule has 0 spiro atoms. The number of hydrogen-bond acceptors (Lipinski definition) is 3. The van der Waals surface area contributed by atoms with Gasteiger partial charge in [-0.3, -0.25) is 4.79 Å². The Morgan fingerprint density at radius 2 is 2.15 bits per heavy atom. The zero-order valence-electron chi connectivity index (χ0n) is 14.1. The van der Waals surface area contributed by atoms with Gasteiger partial charge >= 0.3 is 0 Å². The molecule has 4 heterocycles. The second kappa shape index (κ2) is 5.71. The number of hydrogen-bond donors (Lipinski definition) is 0. The summed E-state index contributed by atoms with van der Waals surface area (Å²) < 4.78 is 8.17. The maximum atomic E-state index is 13.1. The van der Waals surface area contributed by atoms with Gasteiger partial charge in [0, 0.05) is 22.6 Å². The van der Waals surface area contributed by atoms with Crippen molar-refractivity contribution in [1.82, 2.24) is 14.5 Å². The standard InChI is InChI=1S/C20H16BrN3O2/c1-12-15-4-5-19-17(7-9-26-19)16(15)6-8-23(12)20(25)18-10-14-3-2-13(21)11-24(14)22-18/h2-5,7,9-12H,6,8H2,1H3. The molecule has 3 aromatic heterocycles. The van der Waals surface area contributed by atoms with E-state index in [1.165, 1.54) is 11.1 Å². The van der Waals surface area contributed by atoms with Crippen LogP contribution in [0.4, 0.5) is 0 Å². The predicted octanol–water partition coefficient (Wildman–Crippen LogP) is 4.60. The number of furan rings is 1. The monoisotopic (exact) mass is 409 g/mol. The fourth-order valence-electron chi connectivity index (χ4n) is 3.88. The Bertz CT molecular complexity index is 1160. The number of pyridine rings is 1. The lowest BCUT2D eigenvalue weighted by molar-refractivity contribution is 0.0672. The molecule has 1 aliphatic rings. The van der Waals surface area contributed by atoms with E-state index in [1.807, 2.05) is 41.4 Å². The van der Waals surface area contributed by atoms with Gasteiger partial charge in [-0.1, -0.05) is 6.07 Å². The molecule has 0 bridgehead atoms. The van der Waals surface area contributed by atoms with Crippen LogP contribution >= 0.6 is 15.9 Å². The molecule has 0 N–H and O–H groups in total. The fourth-order valence-corrected chi connectivity index (χ4v) is 4.20. The van der Waals surface area contributed by atoms with Gasteiger partial charge in [0.2, 0.25) is 0 Å². The Balaban J connectivity index is 1.52. The summed E-state index contributed by atoms with van der Waals surface area (Å²) in [5.41, 5.74) is 4.75. The zero-order chi connectivity index (χ0) is 17.8. The molecule has 0 fully saturated rings. The summed E-state index contributed by atoms with van der Waals surface area (Å²) >= 11 is 3.44. The van der Waals surface area contributed by atoms with Crippen LogP contribution in [0.2, 0.25) is 0 Å². The Labute approximate surface area is 158 Å². The summed E-state index contributed by atoms with van der Waals surface area (Å²) in [5.74, 6) is -0.0322. The molecular weight excluding hydrogens is 394 g/mol. The lowest BCUT2D eigenvalue weighted by Crippen LogP contribution is -2.39. The van der Waals surface area contributed by atoms with E-state index in [0.29, 0.717) is 12.2 Å². The highest BCUT2D eigenvalue weighted by molar-refractivity contribution is 9.10. The number of fused-ring (bicyclic) bond motifs is 4. The third-order valence-electron chi connectivity index (χ3n) is 5.21. The van der Waals surface area contributed by atoms with E-state index in [9.17, 15) is 4.79 Å². The van der Waals surface area contributed by atoms with Crippen LogP contribution in [-0.4, -0.2) is 27.0 Å². The van der Waals surface area contributed by atoms with Crippen molar-refractivity contribution in [3.63, 3.8) is 0 Å². The van der Waals surface area contributed by atoms with Crippen molar-refractivity contribution in [1.29, 1.82) is 0 Å². The van der Waals surface area contributed by atoms with Crippen molar-refractivity contribution in [2.75, 3.05) is 6.54 Å². The first-order chi connectivity index (χ1) is 12.6. The Hall–Kier alpha value is -2.60. The van der Waals surface area contributed by atoms with E-state index in [-0.39, 0.29) is 11.9 Å². The number of carbonyl (C=O) groups is 1. The Morgan fingerprint density at radius 1 is 1.27 bits per heavy atom. The van der Waals surface area contributed by atoms with Crippen LogP contribution in [0.5, 0.6) is 0 Å². The van der Waals surface area contributed by atoms with Crippen LogP contribution in [0.3, 0.4) is 0 Å². The van der Waals surface area contributed by atoms with Crippen molar-refractivity contribution in [3.05, 3.63) is 70.2 Å². The van der Waals surface area contributed by atoms with Crippen molar-refractivity contribution < 1.29 is 9.21 Å². The lowest BCUT2D eigenvalue weighted by Gasteiger charge is -2.35. The average Bonchev–Trinajstić information content (AvgIpc) is 3.27. The van der Waals surface area contributed by atoms with Gasteiger partial charge in [-0.2, -0.15) is 5.10 Å². The number of amides is 1. The number of halogens is 1.